The van der Waals surface area contributed by atoms with Crippen molar-refractivity contribution in [2.24, 2.45) is 5.10 Å². The first-order valence-electron chi connectivity index (χ1n) is 6.57. The van der Waals surface area contributed by atoms with Gasteiger partial charge in [0.05, 0.1) is 10.5 Å². The van der Waals surface area contributed by atoms with E-state index in [9.17, 15) is 14.9 Å². The number of rotatable bonds is 5. The molecule has 2 rings (SSSR count). The molecule has 0 fully saturated rings. The molecule has 6 nitrogen and oxygen atoms in total. The number of hydrazone groups is 1. The normalized spacial score (nSPS) is 11.0. The molecule has 0 aliphatic rings. The average Bonchev–Trinajstić information content (AvgIpc) is 2.54. The van der Waals surface area contributed by atoms with E-state index in [1.54, 1.807) is 42.5 Å². The van der Waals surface area contributed by atoms with Crippen molar-refractivity contribution in [1.82, 2.24) is 5.43 Å². The van der Waals surface area contributed by atoms with E-state index in [0.29, 0.717) is 11.1 Å². The molecule has 0 aliphatic carbocycles. The molecule has 1 N–H and O–H groups in total. The van der Waals surface area contributed by atoms with Crippen LogP contribution in [0.1, 0.15) is 15.9 Å². The van der Waals surface area contributed by atoms with Gasteiger partial charge in [-0.1, -0.05) is 34.1 Å². The summed E-state index contributed by atoms with van der Waals surface area (Å²) in [6.07, 6.45) is 4.42. The molecule has 116 valence electrons. The monoisotopic (exact) mass is 373 g/mol. The summed E-state index contributed by atoms with van der Waals surface area (Å²) in [4.78, 5) is 22.2. The number of nitrogens with zero attached hydrogens (tertiary/aromatic N) is 2. The van der Waals surface area contributed by atoms with E-state index in [0.717, 1.165) is 4.47 Å². The van der Waals surface area contributed by atoms with Crippen LogP contribution in [0.15, 0.2) is 64.2 Å². The topological polar surface area (TPSA) is 84.6 Å². The predicted octanol–water partition coefficient (Wildman–Crippen LogP) is 3.79. The SMILES string of the molecule is O=C(N/N=C\C=C\c1ccccc1[N+](=O)[O-])c1cccc(Br)c1. The van der Waals surface area contributed by atoms with Gasteiger partial charge in [0, 0.05) is 22.3 Å². The summed E-state index contributed by atoms with van der Waals surface area (Å²) >= 11 is 3.28. The maximum absolute atomic E-state index is 11.8. The Morgan fingerprint density at radius 3 is 2.74 bits per heavy atom. The third-order valence-corrected chi connectivity index (χ3v) is 3.32. The van der Waals surface area contributed by atoms with Gasteiger partial charge in [0.1, 0.15) is 0 Å². The fraction of sp³-hybridized carbons (Fsp3) is 0. The molecular weight excluding hydrogens is 362 g/mol. The second-order valence-corrected chi connectivity index (χ2v) is 5.32. The Bertz CT molecular complexity index is 788. The Kier molecular flexibility index (Phi) is 5.76. The fourth-order valence-corrected chi connectivity index (χ4v) is 2.17. The van der Waals surface area contributed by atoms with Gasteiger partial charge in [-0.05, 0) is 36.4 Å². The van der Waals surface area contributed by atoms with Crippen LogP contribution in [-0.4, -0.2) is 17.0 Å². The summed E-state index contributed by atoms with van der Waals surface area (Å²) in [5.41, 5.74) is 3.32. The van der Waals surface area contributed by atoms with Crippen molar-refractivity contribution in [3.8, 4) is 0 Å². The molecule has 0 saturated heterocycles. The van der Waals surface area contributed by atoms with E-state index in [1.807, 2.05) is 6.07 Å². The molecule has 2 aromatic rings. The minimum atomic E-state index is -0.453. The summed E-state index contributed by atoms with van der Waals surface area (Å²) in [6.45, 7) is 0. The van der Waals surface area contributed by atoms with Crippen molar-refractivity contribution >= 4 is 39.8 Å². The van der Waals surface area contributed by atoms with E-state index in [2.05, 4.69) is 26.5 Å². The van der Waals surface area contributed by atoms with Gasteiger partial charge < -0.3 is 0 Å². The number of carbonyl (C=O) groups excluding carboxylic acids is 1. The van der Waals surface area contributed by atoms with Crippen LogP contribution >= 0.6 is 15.9 Å². The minimum Gasteiger partial charge on any atom is -0.267 e. The summed E-state index contributed by atoms with van der Waals surface area (Å²) in [5.74, 6) is -0.346. The number of benzene rings is 2. The minimum absolute atomic E-state index is 0.00956. The van der Waals surface area contributed by atoms with Gasteiger partial charge in [-0.2, -0.15) is 5.10 Å². The molecule has 0 radical (unpaired) electrons. The van der Waals surface area contributed by atoms with Crippen LogP contribution in [0.4, 0.5) is 5.69 Å². The molecule has 0 unspecified atom stereocenters. The standard InChI is InChI=1S/C16H12BrN3O3/c17-14-8-3-6-13(11-14)16(21)19-18-10-4-7-12-5-1-2-9-15(12)20(22)23/h1-11H,(H,19,21)/b7-4+,18-10-. The summed E-state index contributed by atoms with van der Waals surface area (Å²) in [7, 11) is 0. The molecule has 7 heteroatoms. The first-order chi connectivity index (χ1) is 11.1. The summed E-state index contributed by atoms with van der Waals surface area (Å²) in [6, 6.07) is 13.3. The lowest BCUT2D eigenvalue weighted by Crippen LogP contribution is -2.17. The van der Waals surface area contributed by atoms with E-state index >= 15 is 0 Å². The Balaban J connectivity index is 1.97. The largest absolute Gasteiger partial charge is 0.276 e. The maximum atomic E-state index is 11.8. The smallest absolute Gasteiger partial charge is 0.267 e. The number of hydrogen-bond donors (Lipinski definition) is 1. The van der Waals surface area contributed by atoms with Crippen LogP contribution < -0.4 is 5.43 Å². The van der Waals surface area contributed by atoms with Crippen LogP contribution in [0.3, 0.4) is 0 Å². The lowest BCUT2D eigenvalue weighted by molar-refractivity contribution is -0.385. The van der Waals surface area contributed by atoms with Crippen molar-refractivity contribution in [2.75, 3.05) is 0 Å². The zero-order valence-electron chi connectivity index (χ0n) is 11.8. The van der Waals surface area contributed by atoms with Gasteiger partial charge in [-0.15, -0.1) is 0 Å². The van der Waals surface area contributed by atoms with Crippen molar-refractivity contribution in [2.45, 2.75) is 0 Å². The lowest BCUT2D eigenvalue weighted by Gasteiger charge is -1.99. The highest BCUT2D eigenvalue weighted by Gasteiger charge is 2.08. The van der Waals surface area contributed by atoms with Gasteiger partial charge in [-0.25, -0.2) is 5.43 Å². The fourth-order valence-electron chi connectivity index (χ4n) is 1.77. The van der Waals surface area contributed by atoms with E-state index in [1.165, 1.54) is 18.4 Å². The number of nitro groups is 1. The van der Waals surface area contributed by atoms with Crippen molar-refractivity contribution < 1.29 is 9.72 Å². The third kappa shape index (κ3) is 4.86. The Morgan fingerprint density at radius 1 is 1.22 bits per heavy atom. The van der Waals surface area contributed by atoms with Crippen molar-refractivity contribution in [3.63, 3.8) is 0 Å². The van der Waals surface area contributed by atoms with E-state index < -0.39 is 4.92 Å². The highest BCUT2D eigenvalue weighted by molar-refractivity contribution is 9.10. The number of hydrogen-bond acceptors (Lipinski definition) is 4. The average molecular weight is 374 g/mol. The quantitative estimate of drug-likeness (QED) is 0.491. The second kappa shape index (κ2) is 8.00. The van der Waals surface area contributed by atoms with Gasteiger partial charge >= 0.3 is 0 Å². The molecule has 2 aromatic carbocycles. The zero-order valence-corrected chi connectivity index (χ0v) is 13.4. The van der Waals surface area contributed by atoms with E-state index in [4.69, 9.17) is 0 Å². The van der Waals surface area contributed by atoms with Gasteiger partial charge in [0.25, 0.3) is 11.6 Å². The zero-order chi connectivity index (χ0) is 16.7. The molecule has 0 aliphatic heterocycles. The number of nitrogens with one attached hydrogen (secondary N) is 1. The Hall–Kier alpha value is -2.80. The number of nitro benzene ring substituents is 1. The molecule has 1 amide bonds. The highest BCUT2D eigenvalue weighted by atomic mass is 79.9. The maximum Gasteiger partial charge on any atom is 0.276 e. The number of para-hydroxylation sites is 1. The first kappa shape index (κ1) is 16.6. The molecular formula is C16H12BrN3O3. The number of allylic oxidation sites excluding steroid dienone is 1. The number of carbonyl (C=O) groups is 1. The molecule has 23 heavy (non-hydrogen) atoms. The number of amides is 1. The lowest BCUT2D eigenvalue weighted by atomic mass is 10.2. The first-order valence-corrected chi connectivity index (χ1v) is 7.36. The van der Waals surface area contributed by atoms with Crippen LogP contribution in [0, 0.1) is 10.1 Å². The number of halogens is 1. The Morgan fingerprint density at radius 2 is 2.00 bits per heavy atom. The molecule has 0 aromatic heterocycles. The van der Waals surface area contributed by atoms with Crippen molar-refractivity contribution in [1.29, 1.82) is 0 Å². The van der Waals surface area contributed by atoms with Crippen LogP contribution in [0.25, 0.3) is 6.08 Å². The van der Waals surface area contributed by atoms with Crippen LogP contribution in [0.5, 0.6) is 0 Å². The van der Waals surface area contributed by atoms with Crippen molar-refractivity contribution in [3.05, 3.63) is 80.3 Å². The van der Waals surface area contributed by atoms with E-state index in [-0.39, 0.29) is 11.6 Å². The molecule has 0 heterocycles. The van der Waals surface area contributed by atoms with Crippen LogP contribution in [0.2, 0.25) is 0 Å². The molecule has 0 bridgehead atoms. The third-order valence-electron chi connectivity index (χ3n) is 2.82. The van der Waals surface area contributed by atoms with Gasteiger partial charge in [0.2, 0.25) is 0 Å². The highest BCUT2D eigenvalue weighted by Crippen LogP contribution is 2.18. The molecule has 0 saturated carbocycles. The molecule has 0 spiro atoms. The summed E-state index contributed by atoms with van der Waals surface area (Å²) in [5, 5.41) is 14.6. The van der Waals surface area contributed by atoms with Crippen LogP contribution in [-0.2, 0) is 0 Å². The summed E-state index contributed by atoms with van der Waals surface area (Å²) < 4.78 is 0.797. The van der Waals surface area contributed by atoms with Gasteiger partial charge in [0.15, 0.2) is 0 Å². The van der Waals surface area contributed by atoms with Gasteiger partial charge in [-0.3, -0.25) is 14.9 Å². The Labute approximate surface area is 140 Å². The predicted molar refractivity (Wildman–Crippen MR) is 92.2 cm³/mol. The second-order valence-electron chi connectivity index (χ2n) is 4.40. The molecule has 0 atom stereocenters.